The lowest BCUT2D eigenvalue weighted by Crippen LogP contribution is -2.00. The summed E-state index contributed by atoms with van der Waals surface area (Å²) in [5.74, 6) is 2.29. The van der Waals surface area contributed by atoms with Crippen molar-refractivity contribution in [2.75, 3.05) is 7.11 Å². The highest BCUT2D eigenvalue weighted by molar-refractivity contribution is 7.83. The van der Waals surface area contributed by atoms with Crippen LogP contribution >= 0.6 is 11.3 Å². The Morgan fingerprint density at radius 1 is 1.04 bits per heavy atom. The van der Waals surface area contributed by atoms with Crippen LogP contribution in [0.3, 0.4) is 0 Å². The molecular weight excluding hydrogens is 388 g/mol. The molecule has 1 aromatic carbocycles. The molecule has 8 nitrogen and oxygen atoms in total. The van der Waals surface area contributed by atoms with Crippen molar-refractivity contribution in [2.24, 2.45) is 0 Å². The van der Waals surface area contributed by atoms with Gasteiger partial charge in [-0.2, -0.15) is 21.3 Å². The van der Waals surface area contributed by atoms with Crippen LogP contribution in [0.4, 0.5) is 0 Å². The molecule has 4 aromatic rings. The van der Waals surface area contributed by atoms with Crippen molar-refractivity contribution in [3.8, 4) is 28.5 Å². The number of rotatable bonds is 7. The molecule has 4 rings (SSSR count). The Kier molecular flexibility index (Phi) is 5.07. The molecule has 0 N–H and O–H groups in total. The fourth-order valence-corrected chi connectivity index (χ4v) is 3.92. The molecule has 0 saturated carbocycles. The van der Waals surface area contributed by atoms with E-state index in [4.69, 9.17) is 13.8 Å². The SMILES string of the molecule is COc1ccccc1-c1noc(CS(=O)Cc2nc(-c3ccsc3)no2)n1. The van der Waals surface area contributed by atoms with Gasteiger partial charge in [0.1, 0.15) is 17.3 Å². The van der Waals surface area contributed by atoms with E-state index < -0.39 is 10.8 Å². The lowest BCUT2D eigenvalue weighted by atomic mass is 10.2. The van der Waals surface area contributed by atoms with Crippen molar-refractivity contribution < 1.29 is 18.0 Å². The average molecular weight is 402 g/mol. The number of hydrogen-bond donors (Lipinski definition) is 0. The first kappa shape index (κ1) is 17.6. The highest BCUT2D eigenvalue weighted by Gasteiger charge is 2.17. The predicted molar refractivity (Wildman–Crippen MR) is 99.4 cm³/mol. The Morgan fingerprint density at radius 2 is 1.74 bits per heavy atom. The molecule has 0 amide bonds. The van der Waals surface area contributed by atoms with Gasteiger partial charge in [0.2, 0.25) is 23.4 Å². The van der Waals surface area contributed by atoms with Gasteiger partial charge in [-0.15, -0.1) is 0 Å². The van der Waals surface area contributed by atoms with Crippen LogP contribution in [0, 0.1) is 0 Å². The Labute approximate surface area is 160 Å². The van der Waals surface area contributed by atoms with E-state index >= 15 is 0 Å². The smallest absolute Gasteiger partial charge is 0.239 e. The fraction of sp³-hybridized carbons (Fsp3) is 0.176. The van der Waals surface area contributed by atoms with Crippen molar-refractivity contribution in [1.29, 1.82) is 0 Å². The van der Waals surface area contributed by atoms with Crippen LogP contribution in [-0.4, -0.2) is 31.6 Å². The van der Waals surface area contributed by atoms with Gasteiger partial charge in [0.25, 0.3) is 0 Å². The van der Waals surface area contributed by atoms with Gasteiger partial charge in [-0.1, -0.05) is 22.4 Å². The van der Waals surface area contributed by atoms with Crippen molar-refractivity contribution in [2.45, 2.75) is 11.5 Å². The molecule has 0 spiro atoms. The molecule has 0 aliphatic carbocycles. The van der Waals surface area contributed by atoms with E-state index in [-0.39, 0.29) is 17.4 Å². The standard InChI is InChI=1S/C17H14N4O4S2/c1-23-13-5-3-2-4-12(13)17-19-15(25-21-17)10-27(22)9-14-18-16(20-24-14)11-6-7-26-8-11/h2-8H,9-10H2,1H3. The predicted octanol–water partition coefficient (Wildman–Crippen LogP) is 3.31. The minimum atomic E-state index is -1.33. The molecule has 10 heteroatoms. The molecule has 3 heterocycles. The Balaban J connectivity index is 1.43. The van der Waals surface area contributed by atoms with Gasteiger partial charge in [-0.25, -0.2) is 0 Å². The second-order valence-electron chi connectivity index (χ2n) is 5.46. The Bertz CT molecular complexity index is 1060. The molecule has 138 valence electrons. The molecule has 0 aliphatic rings. The first-order valence-electron chi connectivity index (χ1n) is 7.89. The number of thiophene rings is 1. The van der Waals surface area contributed by atoms with E-state index in [0.717, 1.165) is 5.56 Å². The molecule has 0 fully saturated rings. The summed E-state index contributed by atoms with van der Waals surface area (Å²) in [6.07, 6.45) is 0. The molecule has 1 atom stereocenters. The minimum Gasteiger partial charge on any atom is -0.496 e. The van der Waals surface area contributed by atoms with E-state index in [1.54, 1.807) is 18.4 Å². The zero-order valence-corrected chi connectivity index (χ0v) is 15.8. The van der Waals surface area contributed by atoms with Gasteiger partial charge >= 0.3 is 0 Å². The molecule has 0 bridgehead atoms. The summed E-state index contributed by atoms with van der Waals surface area (Å²) in [5, 5.41) is 11.7. The van der Waals surface area contributed by atoms with Gasteiger partial charge < -0.3 is 13.8 Å². The van der Waals surface area contributed by atoms with E-state index in [9.17, 15) is 4.21 Å². The lowest BCUT2D eigenvalue weighted by molar-refractivity contribution is 0.386. The first-order valence-corrected chi connectivity index (χ1v) is 10.3. The largest absolute Gasteiger partial charge is 0.496 e. The maximum absolute atomic E-state index is 12.4. The number of nitrogens with zero attached hydrogens (tertiary/aromatic N) is 4. The summed E-state index contributed by atoms with van der Waals surface area (Å²) in [6.45, 7) is 0. The van der Waals surface area contributed by atoms with E-state index in [2.05, 4.69) is 20.3 Å². The minimum absolute atomic E-state index is 0.0955. The van der Waals surface area contributed by atoms with Crippen LogP contribution in [0.25, 0.3) is 22.8 Å². The topological polar surface area (TPSA) is 104 Å². The van der Waals surface area contributed by atoms with E-state index in [1.165, 1.54) is 0 Å². The number of methoxy groups -OCH3 is 1. The maximum atomic E-state index is 12.4. The van der Waals surface area contributed by atoms with Crippen LogP contribution in [0.5, 0.6) is 5.75 Å². The molecular formula is C17H14N4O4S2. The van der Waals surface area contributed by atoms with E-state index in [1.807, 2.05) is 41.1 Å². The zero-order chi connectivity index (χ0) is 18.6. The number of hydrogen-bond acceptors (Lipinski definition) is 9. The van der Waals surface area contributed by atoms with Gasteiger partial charge in [0, 0.05) is 21.7 Å². The van der Waals surface area contributed by atoms with Gasteiger partial charge in [-0.05, 0) is 23.6 Å². The summed E-state index contributed by atoms with van der Waals surface area (Å²) in [7, 11) is 0.246. The van der Waals surface area contributed by atoms with Crippen LogP contribution in [0.15, 0.2) is 50.1 Å². The monoisotopic (exact) mass is 402 g/mol. The third-order valence-corrected chi connectivity index (χ3v) is 5.45. The van der Waals surface area contributed by atoms with Crippen LogP contribution < -0.4 is 4.74 Å². The molecule has 1 unspecified atom stereocenters. The summed E-state index contributed by atoms with van der Waals surface area (Å²) in [4.78, 5) is 8.56. The number of benzene rings is 1. The summed E-state index contributed by atoms with van der Waals surface area (Å²) in [6, 6.07) is 9.24. The normalized spacial score (nSPS) is 12.2. The fourth-order valence-electron chi connectivity index (χ4n) is 2.40. The molecule has 0 radical (unpaired) electrons. The highest BCUT2D eigenvalue weighted by atomic mass is 32.2. The highest BCUT2D eigenvalue weighted by Crippen LogP contribution is 2.27. The third kappa shape index (κ3) is 3.96. The Morgan fingerprint density at radius 3 is 2.44 bits per heavy atom. The molecule has 0 aliphatic heterocycles. The van der Waals surface area contributed by atoms with Crippen LogP contribution in [0.2, 0.25) is 0 Å². The number of aromatic nitrogens is 4. The van der Waals surface area contributed by atoms with Crippen LogP contribution in [0.1, 0.15) is 11.8 Å². The molecule has 0 saturated heterocycles. The molecule has 27 heavy (non-hydrogen) atoms. The second-order valence-corrected chi connectivity index (χ2v) is 7.70. The zero-order valence-electron chi connectivity index (χ0n) is 14.2. The Hall–Kier alpha value is -2.85. The van der Waals surface area contributed by atoms with Gasteiger partial charge in [0.15, 0.2) is 0 Å². The van der Waals surface area contributed by atoms with Crippen molar-refractivity contribution in [3.05, 3.63) is 52.9 Å². The van der Waals surface area contributed by atoms with Gasteiger partial charge in [-0.3, -0.25) is 4.21 Å². The number of para-hydroxylation sites is 1. The molecule has 3 aromatic heterocycles. The number of ether oxygens (including phenoxy) is 1. The van der Waals surface area contributed by atoms with Crippen molar-refractivity contribution in [1.82, 2.24) is 20.3 Å². The van der Waals surface area contributed by atoms with Crippen LogP contribution in [-0.2, 0) is 22.3 Å². The van der Waals surface area contributed by atoms with Crippen molar-refractivity contribution in [3.63, 3.8) is 0 Å². The summed E-state index contributed by atoms with van der Waals surface area (Å²) in [5.41, 5.74) is 1.58. The first-order chi connectivity index (χ1) is 13.2. The lowest BCUT2D eigenvalue weighted by Gasteiger charge is -2.02. The van der Waals surface area contributed by atoms with Crippen molar-refractivity contribution >= 4 is 22.1 Å². The van der Waals surface area contributed by atoms with E-state index in [0.29, 0.717) is 28.9 Å². The average Bonchev–Trinajstić information content (AvgIpc) is 3.43. The third-order valence-electron chi connectivity index (χ3n) is 3.63. The quantitative estimate of drug-likeness (QED) is 0.464. The summed E-state index contributed by atoms with van der Waals surface area (Å²) < 4.78 is 28.1. The summed E-state index contributed by atoms with van der Waals surface area (Å²) >= 11 is 1.54. The maximum Gasteiger partial charge on any atom is 0.239 e. The van der Waals surface area contributed by atoms with Gasteiger partial charge in [0.05, 0.1) is 12.7 Å². The second kappa shape index (κ2) is 7.80.